The van der Waals surface area contributed by atoms with Crippen LogP contribution in [0.5, 0.6) is 0 Å². The summed E-state index contributed by atoms with van der Waals surface area (Å²) in [7, 11) is 0. The molecule has 8 aromatic carbocycles. The van der Waals surface area contributed by atoms with E-state index >= 15 is 0 Å². The van der Waals surface area contributed by atoms with E-state index in [1.54, 1.807) is 0 Å². The fraction of sp³-hybridized carbons (Fsp3) is 0.0196. The molecule has 1 atom stereocenters. The molecule has 11 rings (SSSR count). The Morgan fingerprint density at radius 2 is 1.00 bits per heavy atom. The van der Waals surface area contributed by atoms with Gasteiger partial charge in [0.1, 0.15) is 23.2 Å². The predicted molar refractivity (Wildman–Crippen MR) is 231 cm³/mol. The van der Waals surface area contributed by atoms with Gasteiger partial charge in [0.2, 0.25) is 0 Å². The number of rotatable bonds is 6. The SMILES string of the molecule is c1ccc(C2=NC(c3ccccc3)NC(c3ccc(-c4ccc5c(c4)oc4cc(-n6c7ccccc7c7cc(-c8ccccc8)ccc76)ccc45)cc3)=N2)cc1. The quantitative estimate of drug-likeness (QED) is 0.186. The van der Waals surface area contributed by atoms with E-state index in [1.165, 1.54) is 32.9 Å². The minimum absolute atomic E-state index is 0.239. The second kappa shape index (κ2) is 13.1. The Bertz CT molecular complexity index is 3140. The van der Waals surface area contributed by atoms with Crippen LogP contribution in [0.3, 0.4) is 0 Å². The smallest absolute Gasteiger partial charge is 0.159 e. The van der Waals surface area contributed by atoms with Crippen molar-refractivity contribution in [2.24, 2.45) is 9.98 Å². The number of furan rings is 1. The molecule has 5 heteroatoms. The van der Waals surface area contributed by atoms with Crippen molar-refractivity contribution in [2.75, 3.05) is 0 Å². The predicted octanol–water partition coefficient (Wildman–Crippen LogP) is 12.5. The molecule has 1 unspecified atom stereocenters. The first kappa shape index (κ1) is 32.0. The Hall–Kier alpha value is -7.50. The normalized spacial score (nSPS) is 14.2. The summed E-state index contributed by atoms with van der Waals surface area (Å²) in [5.41, 5.74) is 12.8. The van der Waals surface area contributed by atoms with E-state index in [1.807, 2.05) is 36.4 Å². The van der Waals surface area contributed by atoms with E-state index in [-0.39, 0.29) is 6.17 Å². The van der Waals surface area contributed by atoms with Crippen LogP contribution in [0.15, 0.2) is 209 Å². The summed E-state index contributed by atoms with van der Waals surface area (Å²) in [6.07, 6.45) is -0.239. The Morgan fingerprint density at radius 3 is 1.79 bits per heavy atom. The fourth-order valence-electron chi connectivity index (χ4n) is 8.08. The van der Waals surface area contributed by atoms with Crippen molar-refractivity contribution in [3.63, 3.8) is 0 Å². The number of nitrogens with zero attached hydrogens (tertiary/aromatic N) is 3. The van der Waals surface area contributed by atoms with Crippen molar-refractivity contribution in [2.45, 2.75) is 6.17 Å². The first-order valence-corrected chi connectivity index (χ1v) is 18.9. The van der Waals surface area contributed by atoms with Gasteiger partial charge in [-0.3, -0.25) is 0 Å². The summed E-state index contributed by atoms with van der Waals surface area (Å²) in [5, 5.41) is 8.23. The summed E-state index contributed by atoms with van der Waals surface area (Å²) in [6, 6.07) is 68.1. The highest BCUT2D eigenvalue weighted by molar-refractivity contribution is 6.14. The highest BCUT2D eigenvalue weighted by Crippen LogP contribution is 2.38. The Labute approximate surface area is 323 Å². The third kappa shape index (κ3) is 5.48. The first-order valence-electron chi connectivity index (χ1n) is 18.9. The van der Waals surface area contributed by atoms with Crippen molar-refractivity contribution in [3.05, 3.63) is 211 Å². The molecule has 0 fully saturated rings. The van der Waals surface area contributed by atoms with Gasteiger partial charge in [-0.1, -0.05) is 146 Å². The molecule has 3 heterocycles. The lowest BCUT2D eigenvalue weighted by Gasteiger charge is -2.23. The molecule has 0 saturated carbocycles. The molecule has 56 heavy (non-hydrogen) atoms. The number of benzene rings is 8. The molecule has 0 saturated heterocycles. The van der Waals surface area contributed by atoms with Gasteiger partial charge in [0.15, 0.2) is 5.84 Å². The molecule has 0 amide bonds. The lowest BCUT2D eigenvalue weighted by atomic mass is 10.0. The van der Waals surface area contributed by atoms with Gasteiger partial charge < -0.3 is 14.3 Å². The van der Waals surface area contributed by atoms with Crippen molar-refractivity contribution in [1.29, 1.82) is 0 Å². The van der Waals surface area contributed by atoms with E-state index in [0.29, 0.717) is 5.84 Å². The third-order valence-corrected chi connectivity index (χ3v) is 10.9. The number of aliphatic imine (C=N–C) groups is 2. The standard InChI is InChI=1S/C51H34N4O/c1-4-12-33(13-5-1)38-25-29-46-44(30-38)41-18-10-11-19-45(41)55(46)40-26-28-43-42-27-24-39(31-47(42)56-48(43)32-40)34-20-22-37(23-21-34)51-53-49(35-14-6-2-7-15-35)52-50(54-51)36-16-8-3-9-17-36/h1-32,49H,(H,52,53,54). The van der Waals surface area contributed by atoms with E-state index in [0.717, 1.165) is 61.3 Å². The summed E-state index contributed by atoms with van der Waals surface area (Å²) >= 11 is 0. The van der Waals surface area contributed by atoms with Crippen LogP contribution in [0.4, 0.5) is 0 Å². The summed E-state index contributed by atoms with van der Waals surface area (Å²) < 4.78 is 8.97. The Balaban J connectivity index is 0.930. The van der Waals surface area contributed by atoms with Crippen LogP contribution >= 0.6 is 0 Å². The molecular formula is C51H34N4O. The average molecular weight is 719 g/mol. The zero-order valence-corrected chi connectivity index (χ0v) is 30.3. The number of hydrogen-bond acceptors (Lipinski definition) is 4. The first-order chi connectivity index (χ1) is 27.7. The van der Waals surface area contributed by atoms with Gasteiger partial charge >= 0.3 is 0 Å². The molecule has 1 aliphatic rings. The van der Waals surface area contributed by atoms with E-state index in [2.05, 4.69) is 168 Å². The van der Waals surface area contributed by atoms with Crippen LogP contribution in [0.2, 0.25) is 0 Å². The molecule has 0 aliphatic carbocycles. The topological polar surface area (TPSA) is 54.8 Å². The van der Waals surface area contributed by atoms with Crippen molar-refractivity contribution >= 4 is 55.4 Å². The van der Waals surface area contributed by atoms with Gasteiger partial charge in [-0.15, -0.1) is 0 Å². The number of hydrogen-bond donors (Lipinski definition) is 1. The molecule has 1 N–H and O–H groups in total. The maximum Gasteiger partial charge on any atom is 0.159 e. The Morgan fingerprint density at radius 1 is 0.429 bits per heavy atom. The van der Waals surface area contributed by atoms with Gasteiger partial charge in [0, 0.05) is 44.4 Å². The third-order valence-electron chi connectivity index (χ3n) is 10.9. The lowest BCUT2D eigenvalue weighted by molar-refractivity contribution is 0.669. The molecule has 0 spiro atoms. The molecule has 264 valence electrons. The number of fused-ring (bicyclic) bond motifs is 6. The van der Waals surface area contributed by atoms with E-state index in [9.17, 15) is 0 Å². The summed E-state index contributed by atoms with van der Waals surface area (Å²) in [5.74, 6) is 1.51. The molecule has 0 bridgehead atoms. The second-order valence-corrected chi connectivity index (χ2v) is 14.3. The Kier molecular flexibility index (Phi) is 7.49. The largest absolute Gasteiger partial charge is 0.456 e. The van der Waals surface area contributed by atoms with Crippen molar-refractivity contribution in [3.8, 4) is 27.9 Å². The fourth-order valence-corrected chi connectivity index (χ4v) is 8.08. The molecule has 10 aromatic rings. The average Bonchev–Trinajstić information content (AvgIpc) is 3.81. The molecular weight excluding hydrogens is 685 g/mol. The number of amidine groups is 2. The van der Waals surface area contributed by atoms with Crippen LogP contribution in [0, 0.1) is 0 Å². The van der Waals surface area contributed by atoms with Gasteiger partial charge in [-0.25, -0.2) is 9.98 Å². The van der Waals surface area contributed by atoms with Gasteiger partial charge in [-0.05, 0) is 70.3 Å². The number of nitrogens with one attached hydrogen (secondary N) is 1. The van der Waals surface area contributed by atoms with Crippen LogP contribution in [0.1, 0.15) is 22.9 Å². The molecule has 5 nitrogen and oxygen atoms in total. The zero-order valence-electron chi connectivity index (χ0n) is 30.3. The van der Waals surface area contributed by atoms with Crippen LogP contribution in [-0.2, 0) is 0 Å². The van der Waals surface area contributed by atoms with Gasteiger partial charge in [0.25, 0.3) is 0 Å². The summed E-state index contributed by atoms with van der Waals surface area (Å²) in [6.45, 7) is 0. The van der Waals surface area contributed by atoms with Crippen LogP contribution < -0.4 is 5.32 Å². The monoisotopic (exact) mass is 718 g/mol. The highest BCUT2D eigenvalue weighted by Gasteiger charge is 2.21. The minimum atomic E-state index is -0.239. The van der Waals surface area contributed by atoms with E-state index < -0.39 is 0 Å². The molecule has 2 aromatic heterocycles. The maximum atomic E-state index is 6.63. The number of aromatic nitrogens is 1. The number of para-hydroxylation sites is 1. The highest BCUT2D eigenvalue weighted by atomic mass is 16.3. The summed E-state index contributed by atoms with van der Waals surface area (Å²) in [4.78, 5) is 9.96. The zero-order chi connectivity index (χ0) is 37.0. The lowest BCUT2D eigenvalue weighted by Crippen LogP contribution is -2.33. The van der Waals surface area contributed by atoms with Crippen molar-refractivity contribution in [1.82, 2.24) is 9.88 Å². The molecule has 0 radical (unpaired) electrons. The van der Waals surface area contributed by atoms with Gasteiger partial charge in [-0.2, -0.15) is 0 Å². The second-order valence-electron chi connectivity index (χ2n) is 14.3. The van der Waals surface area contributed by atoms with Gasteiger partial charge in [0.05, 0.1) is 11.0 Å². The van der Waals surface area contributed by atoms with Crippen LogP contribution in [0.25, 0.3) is 71.7 Å². The van der Waals surface area contributed by atoms with E-state index in [4.69, 9.17) is 14.4 Å². The van der Waals surface area contributed by atoms with Crippen molar-refractivity contribution < 1.29 is 4.42 Å². The molecule has 1 aliphatic heterocycles. The maximum absolute atomic E-state index is 6.63. The van der Waals surface area contributed by atoms with Crippen LogP contribution in [-0.4, -0.2) is 16.2 Å². The minimum Gasteiger partial charge on any atom is -0.456 e.